The van der Waals surface area contributed by atoms with Crippen LogP contribution in [0.5, 0.6) is 0 Å². The van der Waals surface area contributed by atoms with E-state index in [9.17, 15) is 8.42 Å². The molecule has 0 atom stereocenters. The number of aliphatic imine (C=N–C) groups is 1. The number of halogens is 1. The van der Waals surface area contributed by atoms with Crippen LogP contribution in [0.25, 0.3) is 0 Å². The third-order valence-electron chi connectivity index (χ3n) is 3.53. The van der Waals surface area contributed by atoms with Crippen LogP contribution in [0.15, 0.2) is 35.3 Å². The molecule has 0 aliphatic carbocycles. The number of benzene rings is 1. The van der Waals surface area contributed by atoms with Crippen LogP contribution in [-0.2, 0) is 16.6 Å². The maximum atomic E-state index is 11.7. The lowest BCUT2D eigenvalue weighted by Gasteiger charge is -2.20. The molecule has 1 aliphatic rings. The fourth-order valence-electron chi connectivity index (χ4n) is 2.34. The second kappa shape index (κ2) is 9.43. The highest BCUT2D eigenvalue weighted by Crippen LogP contribution is 2.11. The van der Waals surface area contributed by atoms with E-state index in [1.54, 1.807) is 4.31 Å². The maximum absolute atomic E-state index is 11.7. The van der Waals surface area contributed by atoms with E-state index in [-0.39, 0.29) is 29.7 Å². The molecule has 1 N–H and O–H groups in total. The number of nitrogens with one attached hydrogen (secondary N) is 1. The van der Waals surface area contributed by atoms with Crippen molar-refractivity contribution in [2.75, 3.05) is 39.5 Å². The van der Waals surface area contributed by atoms with Crippen molar-refractivity contribution >= 4 is 40.0 Å². The van der Waals surface area contributed by atoms with Gasteiger partial charge in [0.1, 0.15) is 0 Å². The van der Waals surface area contributed by atoms with Gasteiger partial charge in [0.05, 0.1) is 12.3 Å². The number of guanidine groups is 1. The summed E-state index contributed by atoms with van der Waals surface area (Å²) in [5, 5.41) is 3.22. The third-order valence-corrected chi connectivity index (χ3v) is 5.48. The third kappa shape index (κ3) is 6.27. The van der Waals surface area contributed by atoms with E-state index in [1.165, 1.54) is 0 Å². The highest BCUT2D eigenvalue weighted by atomic mass is 127. The number of hydrogen-bond donors (Lipinski definition) is 1. The van der Waals surface area contributed by atoms with Crippen LogP contribution >= 0.6 is 24.0 Å². The summed E-state index contributed by atoms with van der Waals surface area (Å²) >= 11 is 0. The molecule has 0 unspecified atom stereocenters. The molecule has 1 aromatic rings. The van der Waals surface area contributed by atoms with Gasteiger partial charge in [-0.25, -0.2) is 17.7 Å². The Morgan fingerprint density at radius 1 is 1.30 bits per heavy atom. The lowest BCUT2D eigenvalue weighted by molar-refractivity contribution is 0.441. The summed E-state index contributed by atoms with van der Waals surface area (Å²) in [6, 6.07) is 10.0. The molecule has 0 bridgehead atoms. The van der Waals surface area contributed by atoms with E-state index >= 15 is 0 Å². The molecule has 0 amide bonds. The van der Waals surface area contributed by atoms with E-state index < -0.39 is 10.0 Å². The number of nitrogens with zero attached hydrogens (tertiary/aromatic N) is 3. The summed E-state index contributed by atoms with van der Waals surface area (Å²) < 4.78 is 25.0. The van der Waals surface area contributed by atoms with E-state index in [1.807, 2.05) is 49.3 Å². The Balaban J connectivity index is 0.00000264. The first-order chi connectivity index (χ1) is 10.5. The van der Waals surface area contributed by atoms with Gasteiger partial charge in [-0.15, -0.1) is 24.0 Å². The highest BCUT2D eigenvalue weighted by molar-refractivity contribution is 14.0. The van der Waals surface area contributed by atoms with E-state index in [2.05, 4.69) is 10.3 Å². The van der Waals surface area contributed by atoms with Gasteiger partial charge in [0.25, 0.3) is 0 Å². The van der Waals surface area contributed by atoms with Crippen LogP contribution in [0.1, 0.15) is 12.0 Å². The molecule has 8 heteroatoms. The van der Waals surface area contributed by atoms with Crippen LogP contribution in [0, 0.1) is 0 Å². The lowest BCUT2D eigenvalue weighted by atomic mass is 10.2. The molecule has 0 radical (unpaired) electrons. The molecule has 130 valence electrons. The van der Waals surface area contributed by atoms with Crippen molar-refractivity contribution in [3.8, 4) is 0 Å². The van der Waals surface area contributed by atoms with Crippen LogP contribution < -0.4 is 5.32 Å². The molecule has 1 saturated heterocycles. The summed E-state index contributed by atoms with van der Waals surface area (Å²) in [6.07, 6.45) is 0.727. The highest BCUT2D eigenvalue weighted by Gasteiger charge is 2.27. The molecule has 23 heavy (non-hydrogen) atoms. The average molecular weight is 452 g/mol. The molecule has 1 aromatic carbocycles. The predicted molar refractivity (Wildman–Crippen MR) is 105 cm³/mol. The monoisotopic (exact) mass is 452 g/mol. The van der Waals surface area contributed by atoms with Crippen molar-refractivity contribution in [3.63, 3.8) is 0 Å². The summed E-state index contributed by atoms with van der Waals surface area (Å²) in [7, 11) is 0.819. The molecule has 1 fully saturated rings. The van der Waals surface area contributed by atoms with Gasteiger partial charge in [0, 0.05) is 33.7 Å². The van der Waals surface area contributed by atoms with Gasteiger partial charge < -0.3 is 10.2 Å². The Bertz CT molecular complexity index is 605. The smallest absolute Gasteiger partial charge is 0.214 e. The molecular formula is C15H25IN4O2S. The van der Waals surface area contributed by atoms with Crippen molar-refractivity contribution in [3.05, 3.63) is 35.9 Å². The van der Waals surface area contributed by atoms with Gasteiger partial charge in [-0.1, -0.05) is 30.3 Å². The Morgan fingerprint density at radius 3 is 2.57 bits per heavy atom. The van der Waals surface area contributed by atoms with Gasteiger partial charge in [-0.3, -0.25) is 0 Å². The first kappa shape index (κ1) is 20.2. The Labute approximate surface area is 156 Å². The van der Waals surface area contributed by atoms with Crippen LogP contribution in [0.3, 0.4) is 0 Å². The summed E-state index contributed by atoms with van der Waals surface area (Å²) in [5.41, 5.74) is 1.14. The first-order valence-electron chi connectivity index (χ1n) is 7.46. The van der Waals surface area contributed by atoms with E-state index in [4.69, 9.17) is 0 Å². The Hall–Kier alpha value is -0.870. The van der Waals surface area contributed by atoms with Gasteiger partial charge in [-0.05, 0) is 12.0 Å². The molecule has 1 aliphatic heterocycles. The van der Waals surface area contributed by atoms with Crippen molar-refractivity contribution < 1.29 is 8.42 Å². The molecule has 2 rings (SSSR count). The zero-order valence-electron chi connectivity index (χ0n) is 13.6. The largest absolute Gasteiger partial charge is 0.355 e. The Kier molecular flexibility index (Phi) is 8.27. The van der Waals surface area contributed by atoms with Crippen molar-refractivity contribution in [2.45, 2.75) is 13.0 Å². The van der Waals surface area contributed by atoms with Gasteiger partial charge in [0.15, 0.2) is 5.96 Å². The van der Waals surface area contributed by atoms with Crippen molar-refractivity contribution in [1.82, 2.24) is 14.5 Å². The van der Waals surface area contributed by atoms with Crippen molar-refractivity contribution in [1.29, 1.82) is 0 Å². The van der Waals surface area contributed by atoms with E-state index in [0.29, 0.717) is 26.2 Å². The number of hydrogen-bond acceptors (Lipinski definition) is 3. The summed E-state index contributed by atoms with van der Waals surface area (Å²) in [4.78, 5) is 6.46. The minimum atomic E-state index is -3.02. The lowest BCUT2D eigenvalue weighted by Crippen LogP contribution is -2.41. The number of sulfonamides is 1. The summed E-state index contributed by atoms with van der Waals surface area (Å²) in [5.74, 6) is 1.04. The minimum Gasteiger partial charge on any atom is -0.355 e. The molecule has 0 spiro atoms. The maximum Gasteiger partial charge on any atom is 0.214 e. The minimum absolute atomic E-state index is 0. The normalized spacial score (nSPS) is 17.6. The average Bonchev–Trinajstić information content (AvgIpc) is 2.82. The molecular weight excluding hydrogens is 427 g/mol. The zero-order chi connectivity index (χ0) is 16.0. The quantitative estimate of drug-likeness (QED) is 0.416. The molecule has 0 aromatic heterocycles. The fraction of sp³-hybridized carbons (Fsp3) is 0.533. The molecule has 0 saturated carbocycles. The molecule has 6 nitrogen and oxygen atoms in total. The second-order valence-electron chi connectivity index (χ2n) is 5.52. The van der Waals surface area contributed by atoms with E-state index in [0.717, 1.165) is 17.9 Å². The van der Waals surface area contributed by atoms with Crippen molar-refractivity contribution in [2.24, 2.45) is 4.99 Å². The Morgan fingerprint density at radius 2 is 2.00 bits per heavy atom. The first-order valence-corrected chi connectivity index (χ1v) is 9.07. The predicted octanol–water partition coefficient (Wildman–Crippen LogP) is 1.35. The topological polar surface area (TPSA) is 65.0 Å². The zero-order valence-corrected chi connectivity index (χ0v) is 16.8. The van der Waals surface area contributed by atoms with Crippen LogP contribution in [0.4, 0.5) is 0 Å². The van der Waals surface area contributed by atoms with Gasteiger partial charge >= 0.3 is 0 Å². The fourth-order valence-corrected chi connectivity index (χ4v) is 3.87. The number of rotatable bonds is 5. The van der Waals surface area contributed by atoms with Gasteiger partial charge in [-0.2, -0.15) is 0 Å². The standard InChI is InChI=1S/C15H24N4O2S.HI/c1-18(2)15(17-13-14-7-4-3-5-8-14)16-9-11-19-10-6-12-22(19,20)21;/h3-5,7-8H,6,9-13H2,1-2H3,(H,16,17);1H. The summed E-state index contributed by atoms with van der Waals surface area (Å²) in [6.45, 7) is 2.28. The van der Waals surface area contributed by atoms with Crippen LogP contribution in [0.2, 0.25) is 0 Å². The second-order valence-corrected chi connectivity index (χ2v) is 7.60. The SMILES string of the molecule is CN(C)C(=NCc1ccccc1)NCCN1CCCS1(=O)=O.I. The van der Waals surface area contributed by atoms with Gasteiger partial charge in [0.2, 0.25) is 10.0 Å². The molecule has 1 heterocycles. The van der Waals surface area contributed by atoms with Crippen LogP contribution in [-0.4, -0.2) is 63.1 Å².